The molecule has 0 spiro atoms. The van der Waals surface area contributed by atoms with E-state index in [1.807, 2.05) is 18.2 Å². The molecule has 3 aromatic carbocycles. The van der Waals surface area contributed by atoms with Gasteiger partial charge in [0.2, 0.25) is 5.88 Å². The normalized spacial score (nSPS) is 11.3. The van der Waals surface area contributed by atoms with Crippen LogP contribution in [0.5, 0.6) is 11.6 Å². The maximum absolute atomic E-state index is 14.9. The summed E-state index contributed by atoms with van der Waals surface area (Å²) in [5.74, 6) is 0.384. The van der Waals surface area contributed by atoms with Crippen molar-refractivity contribution in [1.82, 2.24) is 9.78 Å². The van der Waals surface area contributed by atoms with Crippen LogP contribution in [0.15, 0.2) is 96.4 Å². The molecular weight excluding hydrogens is 427 g/mol. The summed E-state index contributed by atoms with van der Waals surface area (Å²) in [5, 5.41) is 4.60. The standard InChI is InChI=1S/C25H21FN2O3S/c1-3-17-28-24(18-13-15-20(16-14-18)32(2,29)30)23(21-11-7-8-12-22(21)26)25(27-28)31-19-9-5-4-6-10-19/h3-16H,1,17H2,2H3. The molecule has 1 aromatic heterocycles. The Hall–Kier alpha value is -3.71. The lowest BCUT2D eigenvalue weighted by Crippen LogP contribution is -2.01. The minimum Gasteiger partial charge on any atom is -0.437 e. The first-order valence-electron chi connectivity index (χ1n) is 9.88. The molecule has 4 aromatic rings. The molecule has 5 nitrogen and oxygen atoms in total. The molecular formula is C25H21FN2O3S. The van der Waals surface area contributed by atoms with E-state index in [-0.39, 0.29) is 10.8 Å². The van der Waals surface area contributed by atoms with Crippen molar-refractivity contribution in [3.05, 3.63) is 97.3 Å². The van der Waals surface area contributed by atoms with Crippen molar-refractivity contribution in [2.75, 3.05) is 6.26 Å². The highest BCUT2D eigenvalue weighted by atomic mass is 32.2. The van der Waals surface area contributed by atoms with E-state index in [2.05, 4.69) is 11.7 Å². The maximum Gasteiger partial charge on any atom is 0.246 e. The number of hydrogen-bond acceptors (Lipinski definition) is 4. The zero-order chi connectivity index (χ0) is 22.7. The van der Waals surface area contributed by atoms with Crippen LogP contribution < -0.4 is 4.74 Å². The maximum atomic E-state index is 14.9. The Morgan fingerprint density at radius 1 is 1.00 bits per heavy atom. The molecule has 0 saturated heterocycles. The first kappa shape index (κ1) is 21.5. The Morgan fingerprint density at radius 3 is 2.28 bits per heavy atom. The van der Waals surface area contributed by atoms with Crippen LogP contribution >= 0.6 is 0 Å². The van der Waals surface area contributed by atoms with Crippen molar-refractivity contribution in [3.63, 3.8) is 0 Å². The van der Waals surface area contributed by atoms with E-state index in [0.29, 0.717) is 34.7 Å². The van der Waals surface area contributed by atoms with Gasteiger partial charge in [0, 0.05) is 17.4 Å². The number of ether oxygens (including phenoxy) is 1. The van der Waals surface area contributed by atoms with Crippen molar-refractivity contribution in [2.45, 2.75) is 11.4 Å². The lowest BCUT2D eigenvalue weighted by Gasteiger charge is -2.11. The fourth-order valence-electron chi connectivity index (χ4n) is 3.43. The van der Waals surface area contributed by atoms with E-state index in [1.165, 1.54) is 18.2 Å². The molecule has 0 fully saturated rings. The fraction of sp³-hybridized carbons (Fsp3) is 0.0800. The van der Waals surface area contributed by atoms with Crippen LogP contribution in [0.3, 0.4) is 0 Å². The SMILES string of the molecule is C=CCn1nc(Oc2ccccc2)c(-c2ccccc2F)c1-c1ccc(S(C)(=O)=O)cc1. The molecule has 0 N–H and O–H groups in total. The van der Waals surface area contributed by atoms with Gasteiger partial charge < -0.3 is 4.74 Å². The third-order valence-corrected chi connectivity index (χ3v) is 6.01. The van der Waals surface area contributed by atoms with Crippen LogP contribution in [0.2, 0.25) is 0 Å². The monoisotopic (exact) mass is 448 g/mol. The first-order chi connectivity index (χ1) is 15.4. The Balaban J connectivity index is 1.96. The van der Waals surface area contributed by atoms with Crippen LogP contribution in [0.1, 0.15) is 0 Å². The molecule has 0 aliphatic heterocycles. The average molecular weight is 449 g/mol. The second kappa shape index (κ2) is 8.80. The summed E-state index contributed by atoms with van der Waals surface area (Å²) in [6, 6.07) is 21.9. The van der Waals surface area contributed by atoms with E-state index in [9.17, 15) is 12.8 Å². The molecule has 0 unspecified atom stereocenters. The van der Waals surface area contributed by atoms with Gasteiger partial charge in [0.1, 0.15) is 11.6 Å². The van der Waals surface area contributed by atoms with Gasteiger partial charge in [-0.1, -0.05) is 54.6 Å². The number of halogens is 1. The van der Waals surface area contributed by atoms with Gasteiger partial charge in [0.15, 0.2) is 9.84 Å². The number of sulfone groups is 1. The first-order valence-corrected chi connectivity index (χ1v) is 11.8. The summed E-state index contributed by atoms with van der Waals surface area (Å²) in [4.78, 5) is 0.198. The number of rotatable bonds is 7. The van der Waals surface area contributed by atoms with Crippen LogP contribution in [-0.4, -0.2) is 24.5 Å². The van der Waals surface area contributed by atoms with Crippen molar-refractivity contribution in [2.24, 2.45) is 0 Å². The highest BCUT2D eigenvalue weighted by Gasteiger charge is 2.24. The van der Waals surface area contributed by atoms with E-state index >= 15 is 0 Å². The minimum absolute atomic E-state index is 0.198. The molecule has 162 valence electrons. The second-order valence-electron chi connectivity index (χ2n) is 7.19. The molecule has 7 heteroatoms. The summed E-state index contributed by atoms with van der Waals surface area (Å²) in [5.41, 5.74) is 2.07. The molecule has 0 amide bonds. The van der Waals surface area contributed by atoms with Crippen molar-refractivity contribution in [1.29, 1.82) is 0 Å². The largest absolute Gasteiger partial charge is 0.437 e. The van der Waals surface area contributed by atoms with Gasteiger partial charge in [-0.3, -0.25) is 4.68 Å². The Bertz CT molecular complexity index is 1360. The molecule has 0 aliphatic carbocycles. The number of hydrogen-bond donors (Lipinski definition) is 0. The predicted molar refractivity (Wildman–Crippen MR) is 123 cm³/mol. The van der Waals surface area contributed by atoms with Gasteiger partial charge >= 0.3 is 0 Å². The van der Waals surface area contributed by atoms with Gasteiger partial charge in [-0.2, -0.15) is 0 Å². The average Bonchev–Trinajstić information content (AvgIpc) is 3.12. The molecule has 1 heterocycles. The second-order valence-corrected chi connectivity index (χ2v) is 9.21. The molecule has 0 atom stereocenters. The smallest absolute Gasteiger partial charge is 0.246 e. The van der Waals surface area contributed by atoms with Crippen LogP contribution in [-0.2, 0) is 16.4 Å². The summed E-state index contributed by atoms with van der Waals surface area (Å²) in [7, 11) is -3.35. The molecule has 0 radical (unpaired) electrons. The fourth-order valence-corrected chi connectivity index (χ4v) is 4.06. The van der Waals surface area contributed by atoms with Crippen LogP contribution in [0.25, 0.3) is 22.4 Å². The van der Waals surface area contributed by atoms with Crippen molar-refractivity contribution >= 4 is 9.84 Å². The summed E-state index contributed by atoms with van der Waals surface area (Å²) in [6.45, 7) is 4.15. The molecule has 4 rings (SSSR count). The third kappa shape index (κ3) is 4.33. The number of nitrogens with zero attached hydrogens (tertiary/aromatic N) is 2. The highest BCUT2D eigenvalue weighted by Crippen LogP contribution is 2.42. The quantitative estimate of drug-likeness (QED) is 0.338. The van der Waals surface area contributed by atoms with Gasteiger partial charge in [-0.15, -0.1) is 11.7 Å². The number of allylic oxidation sites excluding steroid dienone is 1. The molecule has 0 bridgehead atoms. The Labute approximate surface area is 186 Å². The number of aromatic nitrogens is 2. The van der Waals surface area contributed by atoms with E-state index in [0.717, 1.165) is 6.26 Å². The molecule has 32 heavy (non-hydrogen) atoms. The van der Waals surface area contributed by atoms with Crippen LogP contribution in [0.4, 0.5) is 4.39 Å². The Morgan fingerprint density at radius 2 is 1.66 bits per heavy atom. The van der Waals surface area contributed by atoms with Gasteiger partial charge in [0.25, 0.3) is 0 Å². The lowest BCUT2D eigenvalue weighted by atomic mass is 10.0. The van der Waals surface area contributed by atoms with Gasteiger partial charge in [-0.05, 0) is 30.3 Å². The molecule has 0 saturated carbocycles. The van der Waals surface area contributed by atoms with Crippen LogP contribution in [0, 0.1) is 5.82 Å². The summed E-state index contributed by atoms with van der Waals surface area (Å²) >= 11 is 0. The summed E-state index contributed by atoms with van der Waals surface area (Å²) < 4.78 is 46.4. The minimum atomic E-state index is -3.35. The predicted octanol–water partition coefficient (Wildman–Crippen LogP) is 5.74. The third-order valence-electron chi connectivity index (χ3n) is 4.88. The van der Waals surface area contributed by atoms with Gasteiger partial charge in [0.05, 0.1) is 22.7 Å². The van der Waals surface area contributed by atoms with E-state index < -0.39 is 15.7 Å². The lowest BCUT2D eigenvalue weighted by molar-refractivity contribution is 0.452. The zero-order valence-corrected chi connectivity index (χ0v) is 18.2. The Kier molecular flexibility index (Phi) is 5.92. The summed E-state index contributed by atoms with van der Waals surface area (Å²) in [6.07, 6.45) is 2.83. The number of para-hydroxylation sites is 1. The highest BCUT2D eigenvalue weighted by molar-refractivity contribution is 7.90. The van der Waals surface area contributed by atoms with E-state index in [1.54, 1.807) is 53.2 Å². The van der Waals surface area contributed by atoms with E-state index in [4.69, 9.17) is 4.74 Å². The topological polar surface area (TPSA) is 61.2 Å². The van der Waals surface area contributed by atoms with Crippen molar-refractivity contribution in [3.8, 4) is 34.0 Å². The van der Waals surface area contributed by atoms with Gasteiger partial charge in [-0.25, -0.2) is 12.8 Å². The van der Waals surface area contributed by atoms with Crippen molar-refractivity contribution < 1.29 is 17.5 Å². The zero-order valence-electron chi connectivity index (χ0n) is 17.4. The molecule has 0 aliphatic rings. The number of benzene rings is 3.